The summed E-state index contributed by atoms with van der Waals surface area (Å²) in [5, 5.41) is 8.07. The number of aryl methyl sites for hydroxylation is 1. The van der Waals surface area contributed by atoms with Gasteiger partial charge in [0, 0.05) is 24.3 Å². The summed E-state index contributed by atoms with van der Waals surface area (Å²) in [6.45, 7) is 6.24. The van der Waals surface area contributed by atoms with Gasteiger partial charge in [0.2, 0.25) is 0 Å². The largest absolute Gasteiger partial charge is 0.310 e. The summed E-state index contributed by atoms with van der Waals surface area (Å²) in [5.74, 6) is 1.40. The summed E-state index contributed by atoms with van der Waals surface area (Å²) in [7, 11) is 0. The van der Waals surface area contributed by atoms with Gasteiger partial charge in [-0.1, -0.05) is 37.3 Å². The maximum atomic E-state index is 4.42. The van der Waals surface area contributed by atoms with E-state index in [4.69, 9.17) is 0 Å². The molecule has 1 aromatic heterocycles. The van der Waals surface area contributed by atoms with Crippen LogP contribution in [0.4, 0.5) is 0 Å². The Morgan fingerprint density at radius 2 is 2.10 bits per heavy atom. The van der Waals surface area contributed by atoms with Gasteiger partial charge >= 0.3 is 0 Å². The Hall–Kier alpha value is -1.61. The Kier molecular flexibility index (Phi) is 3.88. The van der Waals surface area contributed by atoms with E-state index in [1.165, 1.54) is 17.5 Å². The van der Waals surface area contributed by atoms with Crippen molar-refractivity contribution in [2.45, 2.75) is 38.8 Å². The number of aromatic nitrogens is 2. The molecule has 0 saturated heterocycles. The maximum Gasteiger partial charge on any atom is 0.0537 e. The zero-order valence-electron chi connectivity index (χ0n) is 12.3. The van der Waals surface area contributed by atoms with Crippen molar-refractivity contribution in [2.24, 2.45) is 5.92 Å². The van der Waals surface area contributed by atoms with Crippen LogP contribution in [0.3, 0.4) is 0 Å². The van der Waals surface area contributed by atoms with Crippen molar-refractivity contribution in [1.29, 1.82) is 0 Å². The van der Waals surface area contributed by atoms with Crippen LogP contribution in [0.2, 0.25) is 0 Å². The highest BCUT2D eigenvalue weighted by atomic mass is 15.3. The van der Waals surface area contributed by atoms with Gasteiger partial charge in [-0.25, -0.2) is 0 Å². The Balaban J connectivity index is 1.76. The van der Waals surface area contributed by atoms with E-state index in [0.29, 0.717) is 17.9 Å². The molecule has 1 heterocycles. The third-order valence-electron chi connectivity index (χ3n) is 4.26. The molecule has 0 spiro atoms. The number of hydrogen-bond donors (Lipinski definition) is 1. The summed E-state index contributed by atoms with van der Waals surface area (Å²) in [4.78, 5) is 0. The van der Waals surface area contributed by atoms with Crippen LogP contribution in [0, 0.1) is 5.92 Å². The van der Waals surface area contributed by atoms with Crippen molar-refractivity contribution >= 4 is 0 Å². The van der Waals surface area contributed by atoms with E-state index in [9.17, 15) is 0 Å². The summed E-state index contributed by atoms with van der Waals surface area (Å²) in [6, 6.07) is 11.3. The summed E-state index contributed by atoms with van der Waals surface area (Å²) in [6.07, 6.45) is 5.49. The molecule has 3 rings (SSSR count). The minimum Gasteiger partial charge on any atom is -0.310 e. The molecule has 0 radical (unpaired) electrons. The fourth-order valence-electron chi connectivity index (χ4n) is 3.12. The fraction of sp³-hybridized carbons (Fsp3) is 0.471. The van der Waals surface area contributed by atoms with Crippen LogP contribution in [0.1, 0.15) is 43.4 Å². The molecular formula is C17H23N3. The molecule has 1 aromatic carbocycles. The molecule has 1 saturated carbocycles. The van der Waals surface area contributed by atoms with Crippen molar-refractivity contribution in [3.63, 3.8) is 0 Å². The Morgan fingerprint density at radius 1 is 1.30 bits per heavy atom. The van der Waals surface area contributed by atoms with Crippen molar-refractivity contribution in [3.05, 3.63) is 53.9 Å². The van der Waals surface area contributed by atoms with Crippen LogP contribution in [0.25, 0.3) is 0 Å². The van der Waals surface area contributed by atoms with Gasteiger partial charge in [-0.3, -0.25) is 4.68 Å². The van der Waals surface area contributed by atoms with Gasteiger partial charge in [0.1, 0.15) is 0 Å². The first kappa shape index (κ1) is 13.4. The van der Waals surface area contributed by atoms with Gasteiger partial charge < -0.3 is 5.32 Å². The van der Waals surface area contributed by atoms with Gasteiger partial charge in [0.05, 0.1) is 6.20 Å². The molecule has 20 heavy (non-hydrogen) atoms. The van der Waals surface area contributed by atoms with Crippen LogP contribution < -0.4 is 5.32 Å². The third-order valence-corrected chi connectivity index (χ3v) is 4.26. The van der Waals surface area contributed by atoms with Crippen molar-refractivity contribution in [3.8, 4) is 0 Å². The Morgan fingerprint density at radius 3 is 2.75 bits per heavy atom. The van der Waals surface area contributed by atoms with E-state index in [1.54, 1.807) is 0 Å². The van der Waals surface area contributed by atoms with Crippen molar-refractivity contribution in [2.75, 3.05) is 6.54 Å². The second-order valence-corrected chi connectivity index (χ2v) is 5.58. The second-order valence-electron chi connectivity index (χ2n) is 5.58. The number of nitrogens with one attached hydrogen (secondary N) is 1. The molecule has 3 unspecified atom stereocenters. The van der Waals surface area contributed by atoms with Crippen molar-refractivity contribution < 1.29 is 0 Å². The molecule has 3 atom stereocenters. The maximum absolute atomic E-state index is 4.42. The summed E-state index contributed by atoms with van der Waals surface area (Å²) < 4.78 is 2.01. The number of rotatable bonds is 6. The molecule has 106 valence electrons. The summed E-state index contributed by atoms with van der Waals surface area (Å²) >= 11 is 0. The fourth-order valence-corrected chi connectivity index (χ4v) is 3.12. The zero-order chi connectivity index (χ0) is 13.9. The van der Waals surface area contributed by atoms with Gasteiger partial charge in [-0.15, -0.1) is 0 Å². The lowest BCUT2D eigenvalue weighted by atomic mass is 10.0. The number of nitrogens with zero attached hydrogens (tertiary/aromatic N) is 2. The first-order valence-electron chi connectivity index (χ1n) is 7.64. The standard InChI is InChI=1S/C17H23N3/c1-3-18-17(14-11-19-20(4-2)12-14)16-10-15(16)13-8-6-5-7-9-13/h5-9,11-12,15-18H,3-4,10H2,1-2H3. The zero-order valence-corrected chi connectivity index (χ0v) is 12.3. The minimum atomic E-state index is 0.436. The van der Waals surface area contributed by atoms with E-state index in [2.05, 4.69) is 60.8 Å². The molecule has 0 aliphatic heterocycles. The lowest BCUT2D eigenvalue weighted by Crippen LogP contribution is -2.22. The third kappa shape index (κ3) is 2.63. The average molecular weight is 269 g/mol. The highest BCUT2D eigenvalue weighted by Gasteiger charge is 2.44. The van der Waals surface area contributed by atoms with Gasteiger partial charge in [0.25, 0.3) is 0 Å². The van der Waals surface area contributed by atoms with E-state index in [-0.39, 0.29) is 0 Å². The molecule has 0 bridgehead atoms. The lowest BCUT2D eigenvalue weighted by Gasteiger charge is -2.16. The molecule has 0 amide bonds. The molecular weight excluding hydrogens is 246 g/mol. The molecule has 3 nitrogen and oxygen atoms in total. The van der Waals surface area contributed by atoms with Gasteiger partial charge in [-0.05, 0) is 37.3 Å². The van der Waals surface area contributed by atoms with Gasteiger partial charge in [-0.2, -0.15) is 5.10 Å². The average Bonchev–Trinajstić information content (AvgIpc) is 3.14. The second kappa shape index (κ2) is 5.80. The predicted octanol–water partition coefficient (Wildman–Crippen LogP) is 3.36. The lowest BCUT2D eigenvalue weighted by molar-refractivity contribution is 0.486. The molecule has 1 fully saturated rings. The van der Waals surface area contributed by atoms with E-state index in [1.807, 2.05) is 10.9 Å². The van der Waals surface area contributed by atoms with Crippen molar-refractivity contribution in [1.82, 2.24) is 15.1 Å². The number of benzene rings is 1. The highest BCUT2D eigenvalue weighted by molar-refractivity contribution is 5.29. The van der Waals surface area contributed by atoms with E-state index >= 15 is 0 Å². The smallest absolute Gasteiger partial charge is 0.0537 e. The number of hydrogen-bond acceptors (Lipinski definition) is 2. The first-order valence-corrected chi connectivity index (χ1v) is 7.64. The molecule has 3 heteroatoms. The molecule has 2 aromatic rings. The molecule has 1 aliphatic rings. The van der Waals surface area contributed by atoms with Gasteiger partial charge in [0.15, 0.2) is 0 Å². The molecule has 1 N–H and O–H groups in total. The Labute approximate surface area is 121 Å². The van der Waals surface area contributed by atoms with Crippen LogP contribution in [0.5, 0.6) is 0 Å². The van der Waals surface area contributed by atoms with Crippen LogP contribution in [-0.4, -0.2) is 16.3 Å². The predicted molar refractivity (Wildman–Crippen MR) is 81.6 cm³/mol. The van der Waals surface area contributed by atoms with E-state index in [0.717, 1.165) is 13.1 Å². The Bertz CT molecular complexity index is 546. The van der Waals surface area contributed by atoms with Crippen LogP contribution in [0.15, 0.2) is 42.7 Å². The normalized spacial score (nSPS) is 22.7. The topological polar surface area (TPSA) is 29.9 Å². The quantitative estimate of drug-likeness (QED) is 0.871. The molecule has 1 aliphatic carbocycles. The highest BCUT2D eigenvalue weighted by Crippen LogP contribution is 2.53. The first-order chi connectivity index (χ1) is 9.83. The van der Waals surface area contributed by atoms with Crippen LogP contribution >= 0.6 is 0 Å². The SMILES string of the molecule is CCNC(c1cnn(CC)c1)C1CC1c1ccccc1. The summed E-state index contributed by atoms with van der Waals surface area (Å²) in [5.41, 5.74) is 2.81. The monoisotopic (exact) mass is 269 g/mol. The minimum absolute atomic E-state index is 0.436. The van der Waals surface area contributed by atoms with Crippen LogP contribution in [-0.2, 0) is 6.54 Å². The van der Waals surface area contributed by atoms with E-state index < -0.39 is 0 Å².